The van der Waals surface area contributed by atoms with Crippen molar-refractivity contribution in [2.24, 2.45) is 0 Å². The number of likely N-dealkylation sites (N-methyl/N-ethyl adjacent to an activating group) is 1. The van der Waals surface area contributed by atoms with Gasteiger partial charge in [-0.25, -0.2) is 0 Å². The Morgan fingerprint density at radius 1 is 1.25 bits per heavy atom. The first-order chi connectivity index (χ1) is 9.62. The van der Waals surface area contributed by atoms with E-state index in [-0.39, 0.29) is 11.8 Å². The summed E-state index contributed by atoms with van der Waals surface area (Å²) >= 11 is 0. The minimum absolute atomic E-state index is 0.162. The van der Waals surface area contributed by atoms with E-state index in [1.54, 1.807) is 0 Å². The normalized spacial score (nSPS) is 18.9. The molecule has 116 valence electrons. The molecule has 1 heterocycles. The maximum Gasteiger partial charge on any atom is 0.222 e. The molecule has 1 N–H and O–H groups in total. The Bertz CT molecular complexity index is 316. The van der Waals surface area contributed by atoms with E-state index in [0.717, 1.165) is 39.0 Å². The highest BCUT2D eigenvalue weighted by Crippen LogP contribution is 2.12. The molecule has 0 aliphatic carbocycles. The lowest BCUT2D eigenvalue weighted by Crippen LogP contribution is -2.46. The Hall–Kier alpha value is -1.10. The van der Waals surface area contributed by atoms with Crippen LogP contribution in [0.15, 0.2) is 0 Å². The molecular weight excluding hydrogens is 254 g/mol. The van der Waals surface area contributed by atoms with E-state index in [9.17, 15) is 9.59 Å². The van der Waals surface area contributed by atoms with Gasteiger partial charge in [0.2, 0.25) is 11.8 Å². The second-order valence-corrected chi connectivity index (χ2v) is 5.39. The number of hydrogen-bond donors (Lipinski definition) is 1. The fourth-order valence-corrected chi connectivity index (χ4v) is 2.72. The van der Waals surface area contributed by atoms with E-state index in [1.165, 1.54) is 0 Å². The molecule has 0 aromatic rings. The summed E-state index contributed by atoms with van der Waals surface area (Å²) in [5.74, 6) is 0.354. The molecule has 1 saturated heterocycles. The van der Waals surface area contributed by atoms with Crippen molar-refractivity contribution in [3.63, 3.8) is 0 Å². The van der Waals surface area contributed by atoms with Crippen LogP contribution in [0, 0.1) is 0 Å². The molecular formula is C15H29N3O2. The third kappa shape index (κ3) is 5.12. The van der Waals surface area contributed by atoms with E-state index in [0.29, 0.717) is 25.3 Å². The monoisotopic (exact) mass is 283 g/mol. The predicted octanol–water partition coefficient (Wildman–Crippen LogP) is 1.24. The third-order valence-electron chi connectivity index (χ3n) is 4.08. The zero-order valence-electron chi connectivity index (χ0n) is 13.2. The number of likely N-dealkylation sites (tertiary alicyclic amines) is 1. The highest BCUT2D eigenvalue weighted by atomic mass is 16.2. The van der Waals surface area contributed by atoms with Gasteiger partial charge in [0.15, 0.2) is 0 Å². The van der Waals surface area contributed by atoms with Crippen LogP contribution < -0.4 is 5.32 Å². The van der Waals surface area contributed by atoms with E-state index >= 15 is 0 Å². The average Bonchev–Trinajstić information content (AvgIpc) is 2.48. The van der Waals surface area contributed by atoms with E-state index < -0.39 is 0 Å². The molecule has 1 rings (SSSR count). The van der Waals surface area contributed by atoms with Crippen molar-refractivity contribution < 1.29 is 9.59 Å². The minimum atomic E-state index is 0.162. The number of nitrogens with zero attached hydrogens (tertiary/aromatic N) is 2. The van der Waals surface area contributed by atoms with Gasteiger partial charge in [0.1, 0.15) is 0 Å². The lowest BCUT2D eigenvalue weighted by molar-refractivity contribution is -0.133. The van der Waals surface area contributed by atoms with Crippen molar-refractivity contribution in [1.82, 2.24) is 15.1 Å². The van der Waals surface area contributed by atoms with Crippen LogP contribution in [0.2, 0.25) is 0 Å². The first-order valence-corrected chi connectivity index (χ1v) is 7.85. The number of amides is 2. The number of nitrogens with one attached hydrogen (secondary N) is 1. The number of piperidine rings is 1. The van der Waals surface area contributed by atoms with Gasteiger partial charge in [-0.1, -0.05) is 0 Å². The standard InChI is InChI=1S/C15H29N3O2/c1-4-17(5-2)14(19)9-6-10-15(20)18-11-7-8-13(12-18)16-3/h13,16H,4-12H2,1-3H3. The predicted molar refractivity (Wildman–Crippen MR) is 80.4 cm³/mol. The molecule has 0 saturated carbocycles. The summed E-state index contributed by atoms with van der Waals surface area (Å²) < 4.78 is 0. The van der Waals surface area contributed by atoms with Crippen molar-refractivity contribution in [2.45, 2.75) is 52.0 Å². The fraction of sp³-hybridized carbons (Fsp3) is 0.867. The van der Waals surface area contributed by atoms with Crippen molar-refractivity contribution >= 4 is 11.8 Å². The molecule has 5 heteroatoms. The molecule has 1 aliphatic rings. The van der Waals surface area contributed by atoms with Crippen LogP contribution >= 0.6 is 0 Å². The molecule has 1 unspecified atom stereocenters. The van der Waals surface area contributed by atoms with Gasteiger partial charge in [-0.05, 0) is 40.2 Å². The molecule has 0 spiro atoms. The molecule has 0 radical (unpaired) electrons. The van der Waals surface area contributed by atoms with Crippen molar-refractivity contribution in [1.29, 1.82) is 0 Å². The number of hydrogen-bond acceptors (Lipinski definition) is 3. The van der Waals surface area contributed by atoms with Gasteiger partial charge < -0.3 is 15.1 Å². The highest BCUT2D eigenvalue weighted by molar-refractivity contribution is 5.79. The van der Waals surface area contributed by atoms with Gasteiger partial charge in [0, 0.05) is 45.1 Å². The van der Waals surface area contributed by atoms with Gasteiger partial charge in [0.05, 0.1) is 0 Å². The topological polar surface area (TPSA) is 52.7 Å². The molecule has 1 atom stereocenters. The van der Waals surface area contributed by atoms with Gasteiger partial charge in [-0.3, -0.25) is 9.59 Å². The quantitative estimate of drug-likeness (QED) is 0.765. The molecule has 1 fully saturated rings. The van der Waals surface area contributed by atoms with Crippen LogP contribution in [-0.4, -0.2) is 60.9 Å². The van der Waals surface area contributed by atoms with E-state index in [2.05, 4.69) is 5.32 Å². The molecule has 0 aromatic carbocycles. The molecule has 0 aromatic heterocycles. The summed E-state index contributed by atoms with van der Waals surface area (Å²) in [4.78, 5) is 27.7. The number of rotatable bonds is 7. The number of carbonyl (C=O) groups excluding carboxylic acids is 2. The maximum atomic E-state index is 12.1. The molecule has 2 amide bonds. The zero-order chi connectivity index (χ0) is 15.0. The van der Waals surface area contributed by atoms with Crippen LogP contribution in [-0.2, 0) is 9.59 Å². The Kier molecular flexibility index (Phi) is 7.59. The molecule has 20 heavy (non-hydrogen) atoms. The van der Waals surface area contributed by atoms with Crippen LogP contribution in [0.5, 0.6) is 0 Å². The second kappa shape index (κ2) is 8.95. The van der Waals surface area contributed by atoms with Gasteiger partial charge in [-0.2, -0.15) is 0 Å². The smallest absolute Gasteiger partial charge is 0.222 e. The van der Waals surface area contributed by atoms with Gasteiger partial charge in [0.25, 0.3) is 0 Å². The first kappa shape index (κ1) is 17.0. The lowest BCUT2D eigenvalue weighted by atomic mass is 10.1. The SMILES string of the molecule is CCN(CC)C(=O)CCCC(=O)N1CCCC(NC)C1. The summed E-state index contributed by atoms with van der Waals surface area (Å²) in [6.07, 6.45) is 3.84. The van der Waals surface area contributed by atoms with Crippen molar-refractivity contribution in [2.75, 3.05) is 33.2 Å². The summed E-state index contributed by atoms with van der Waals surface area (Å²) in [5.41, 5.74) is 0. The Labute approximate surface area is 122 Å². The Balaban J connectivity index is 2.27. The molecule has 1 aliphatic heterocycles. The van der Waals surface area contributed by atoms with Gasteiger partial charge in [-0.15, -0.1) is 0 Å². The fourth-order valence-electron chi connectivity index (χ4n) is 2.72. The van der Waals surface area contributed by atoms with Crippen LogP contribution in [0.3, 0.4) is 0 Å². The van der Waals surface area contributed by atoms with Crippen molar-refractivity contribution in [3.05, 3.63) is 0 Å². The lowest BCUT2D eigenvalue weighted by Gasteiger charge is -2.32. The zero-order valence-corrected chi connectivity index (χ0v) is 13.2. The Morgan fingerprint density at radius 2 is 1.95 bits per heavy atom. The summed E-state index contributed by atoms with van der Waals surface area (Å²) in [6, 6.07) is 0.421. The number of carbonyl (C=O) groups is 2. The van der Waals surface area contributed by atoms with E-state index in [1.807, 2.05) is 30.7 Å². The third-order valence-corrected chi connectivity index (χ3v) is 4.08. The summed E-state index contributed by atoms with van der Waals surface area (Å²) in [7, 11) is 1.95. The summed E-state index contributed by atoms with van der Waals surface area (Å²) in [6.45, 7) is 7.13. The van der Waals surface area contributed by atoms with Crippen LogP contribution in [0.4, 0.5) is 0 Å². The van der Waals surface area contributed by atoms with Gasteiger partial charge >= 0.3 is 0 Å². The van der Waals surface area contributed by atoms with E-state index in [4.69, 9.17) is 0 Å². The summed E-state index contributed by atoms with van der Waals surface area (Å²) in [5, 5.41) is 3.24. The van der Waals surface area contributed by atoms with Crippen molar-refractivity contribution in [3.8, 4) is 0 Å². The maximum absolute atomic E-state index is 12.1. The molecule has 5 nitrogen and oxygen atoms in total. The first-order valence-electron chi connectivity index (χ1n) is 7.85. The average molecular weight is 283 g/mol. The largest absolute Gasteiger partial charge is 0.343 e. The highest BCUT2D eigenvalue weighted by Gasteiger charge is 2.22. The van der Waals surface area contributed by atoms with Crippen LogP contribution in [0.1, 0.15) is 46.0 Å². The Morgan fingerprint density at radius 3 is 2.55 bits per heavy atom. The van der Waals surface area contributed by atoms with Crippen LogP contribution in [0.25, 0.3) is 0 Å². The minimum Gasteiger partial charge on any atom is -0.343 e. The second-order valence-electron chi connectivity index (χ2n) is 5.39. The molecule has 0 bridgehead atoms.